The highest BCUT2D eigenvalue weighted by Crippen LogP contribution is 2.55. The summed E-state index contributed by atoms with van der Waals surface area (Å²) in [7, 11) is 0. The van der Waals surface area contributed by atoms with Gasteiger partial charge in [-0.15, -0.1) is 0 Å². The van der Waals surface area contributed by atoms with Crippen LogP contribution in [0.1, 0.15) is 46.9 Å². The van der Waals surface area contributed by atoms with Crippen LogP contribution in [0.5, 0.6) is 0 Å². The lowest BCUT2D eigenvalue weighted by Gasteiger charge is -2.33. The number of carbonyl (C=O) groups is 1. The Kier molecular flexibility index (Phi) is 4.97. The number of ether oxygens (including phenoxy) is 1. The number of aliphatic imine (C=N–C) groups is 1. The second-order valence-corrected chi connectivity index (χ2v) is 8.12. The molecule has 0 amide bonds. The number of rotatable bonds is 5. The highest BCUT2D eigenvalue weighted by Gasteiger charge is 2.58. The number of Topliss-reactive ketones (excluding diaryl/α,β-unsaturated/α-hetero) is 1. The van der Waals surface area contributed by atoms with Crippen LogP contribution >= 0.6 is 23.2 Å². The summed E-state index contributed by atoms with van der Waals surface area (Å²) in [4.78, 5) is 21.4. The van der Waals surface area contributed by atoms with Gasteiger partial charge in [0, 0.05) is 23.6 Å². The number of hydrogen-bond acceptors (Lipinski definition) is 6. The molecule has 0 spiro atoms. The molecule has 8 heteroatoms. The zero-order chi connectivity index (χ0) is 20.8. The molecule has 0 radical (unpaired) electrons. The van der Waals surface area contributed by atoms with Crippen molar-refractivity contribution in [2.75, 3.05) is 0 Å². The van der Waals surface area contributed by atoms with Crippen LogP contribution < -0.4 is 5.73 Å². The average Bonchev–Trinajstić information content (AvgIpc) is 3.48. The highest BCUT2D eigenvalue weighted by molar-refractivity contribution is 6.33. The van der Waals surface area contributed by atoms with Gasteiger partial charge >= 0.3 is 0 Å². The number of aromatic nitrogens is 1. The van der Waals surface area contributed by atoms with Crippen LogP contribution in [0.2, 0.25) is 10.0 Å². The molecule has 3 atom stereocenters. The number of nitrogens with zero attached hydrogens (tertiary/aromatic N) is 3. The van der Waals surface area contributed by atoms with Gasteiger partial charge in [0.2, 0.25) is 0 Å². The fraction of sp³-hybridized carbons (Fsp3) is 0.333. The van der Waals surface area contributed by atoms with E-state index in [4.69, 9.17) is 38.9 Å². The Morgan fingerprint density at radius 1 is 1.38 bits per heavy atom. The Bertz CT molecular complexity index is 1080. The molecule has 1 aliphatic heterocycles. The van der Waals surface area contributed by atoms with Crippen molar-refractivity contribution in [3.05, 3.63) is 62.9 Å². The van der Waals surface area contributed by atoms with Crippen molar-refractivity contribution in [2.45, 2.75) is 37.8 Å². The molecule has 1 aliphatic carbocycles. The van der Waals surface area contributed by atoms with Crippen LogP contribution in [0.25, 0.3) is 0 Å². The zero-order valence-corrected chi connectivity index (χ0v) is 17.2. The number of fused-ring (bicyclic) bond motifs is 1. The highest BCUT2D eigenvalue weighted by atomic mass is 35.5. The van der Waals surface area contributed by atoms with E-state index in [1.807, 2.05) is 19.1 Å². The molecule has 1 saturated carbocycles. The van der Waals surface area contributed by atoms with Gasteiger partial charge in [0.05, 0.1) is 16.1 Å². The first-order chi connectivity index (χ1) is 13.9. The number of hydrogen-bond donors (Lipinski definition) is 1. The van der Waals surface area contributed by atoms with Crippen LogP contribution in [0, 0.1) is 17.2 Å². The van der Waals surface area contributed by atoms with Gasteiger partial charge in [0.25, 0.3) is 6.02 Å². The number of nitrogens with two attached hydrogens (primary N) is 1. The SMILES string of the molecule is CC[C@]1(c2cc(CC(=O)c3ncc(C#N)cc3Cl)ccc2Cl)N=C(N)O[C@@H]2C[C@@H]21. The van der Waals surface area contributed by atoms with Crippen LogP contribution in [0.3, 0.4) is 0 Å². The Balaban J connectivity index is 1.67. The molecule has 6 nitrogen and oxygen atoms in total. The predicted molar refractivity (Wildman–Crippen MR) is 110 cm³/mol. The number of amidine groups is 1. The molecule has 2 heterocycles. The standard InChI is InChI=1S/C21H18Cl2N4O2/c1-2-21(14-8-18(14)29-20(25)27-21)13-5-11(3-4-15(13)22)7-17(28)19-16(23)6-12(9-24)10-26-19/h3-6,10,14,18H,2,7-8H2,1H3,(H2,25,27)/t14-,18+,21+/m0/s1. The van der Waals surface area contributed by atoms with Crippen molar-refractivity contribution in [2.24, 2.45) is 16.6 Å². The molecule has 29 heavy (non-hydrogen) atoms. The number of ketones is 1. The van der Waals surface area contributed by atoms with E-state index < -0.39 is 5.54 Å². The minimum absolute atomic E-state index is 0.0652. The zero-order valence-electron chi connectivity index (χ0n) is 15.7. The number of pyridine rings is 1. The lowest BCUT2D eigenvalue weighted by Crippen LogP contribution is -2.37. The molecule has 1 aromatic carbocycles. The van der Waals surface area contributed by atoms with E-state index in [0.29, 0.717) is 10.6 Å². The number of benzene rings is 1. The molecule has 1 aromatic heterocycles. The normalized spacial score (nSPS) is 24.7. The second kappa shape index (κ2) is 7.33. The first-order valence-corrected chi connectivity index (χ1v) is 10.0. The lowest BCUT2D eigenvalue weighted by molar-refractivity contribution is 0.0988. The predicted octanol–water partition coefficient (Wildman–Crippen LogP) is 4.02. The van der Waals surface area contributed by atoms with Crippen molar-refractivity contribution in [3.8, 4) is 6.07 Å². The van der Waals surface area contributed by atoms with Gasteiger partial charge in [-0.05, 0) is 36.1 Å². The average molecular weight is 429 g/mol. The van der Waals surface area contributed by atoms with E-state index in [1.54, 1.807) is 12.1 Å². The Hall–Kier alpha value is -2.62. The van der Waals surface area contributed by atoms with Crippen molar-refractivity contribution in [1.82, 2.24) is 4.98 Å². The molecular weight excluding hydrogens is 411 g/mol. The third kappa shape index (κ3) is 3.45. The lowest BCUT2D eigenvalue weighted by atomic mass is 9.81. The number of carbonyl (C=O) groups excluding carboxylic acids is 1. The summed E-state index contributed by atoms with van der Waals surface area (Å²) in [6.07, 6.45) is 3.11. The summed E-state index contributed by atoms with van der Waals surface area (Å²) in [6, 6.07) is 9.07. The van der Waals surface area contributed by atoms with Crippen LogP contribution in [-0.2, 0) is 16.7 Å². The Morgan fingerprint density at radius 2 is 2.17 bits per heavy atom. The van der Waals surface area contributed by atoms with E-state index in [0.717, 1.165) is 24.0 Å². The van der Waals surface area contributed by atoms with Crippen molar-refractivity contribution < 1.29 is 9.53 Å². The molecule has 0 saturated heterocycles. The molecule has 148 valence electrons. The minimum atomic E-state index is -0.548. The number of halogens is 2. The quantitative estimate of drug-likeness (QED) is 0.724. The second-order valence-electron chi connectivity index (χ2n) is 7.31. The van der Waals surface area contributed by atoms with Gasteiger partial charge in [-0.1, -0.05) is 42.3 Å². The third-order valence-corrected chi connectivity index (χ3v) is 6.18. The molecule has 1 fully saturated rings. The maximum absolute atomic E-state index is 12.8. The van der Waals surface area contributed by atoms with Gasteiger partial charge in [-0.3, -0.25) is 9.78 Å². The number of nitriles is 1. The molecule has 2 aliphatic rings. The summed E-state index contributed by atoms with van der Waals surface area (Å²) in [6.45, 7) is 2.05. The van der Waals surface area contributed by atoms with E-state index in [2.05, 4.69) is 9.98 Å². The van der Waals surface area contributed by atoms with Crippen LogP contribution in [0.4, 0.5) is 0 Å². The minimum Gasteiger partial charge on any atom is -0.462 e. The molecule has 0 unspecified atom stereocenters. The molecular formula is C21H18Cl2N4O2. The van der Waals surface area contributed by atoms with Crippen molar-refractivity contribution in [3.63, 3.8) is 0 Å². The summed E-state index contributed by atoms with van der Waals surface area (Å²) < 4.78 is 5.55. The Morgan fingerprint density at radius 3 is 2.86 bits per heavy atom. The van der Waals surface area contributed by atoms with Gasteiger partial charge < -0.3 is 10.5 Å². The maximum Gasteiger partial charge on any atom is 0.283 e. The molecule has 2 N–H and O–H groups in total. The first-order valence-electron chi connectivity index (χ1n) is 9.27. The van der Waals surface area contributed by atoms with E-state index in [1.165, 1.54) is 12.3 Å². The summed E-state index contributed by atoms with van der Waals surface area (Å²) >= 11 is 12.7. The van der Waals surface area contributed by atoms with Gasteiger partial charge in [0.1, 0.15) is 17.9 Å². The molecule has 2 aromatic rings. The third-order valence-electron chi connectivity index (χ3n) is 5.56. The fourth-order valence-electron chi connectivity index (χ4n) is 4.04. The van der Waals surface area contributed by atoms with Crippen LogP contribution in [0.15, 0.2) is 35.5 Å². The van der Waals surface area contributed by atoms with E-state index >= 15 is 0 Å². The van der Waals surface area contributed by atoms with Gasteiger partial charge in [-0.2, -0.15) is 5.26 Å². The fourth-order valence-corrected chi connectivity index (χ4v) is 4.60. The first kappa shape index (κ1) is 19.7. The Labute approximate surface area is 178 Å². The van der Waals surface area contributed by atoms with Crippen LogP contribution in [-0.4, -0.2) is 22.9 Å². The summed E-state index contributed by atoms with van der Waals surface area (Å²) in [5, 5.41) is 9.67. The molecule has 0 bridgehead atoms. The smallest absolute Gasteiger partial charge is 0.283 e. The van der Waals surface area contributed by atoms with Crippen molar-refractivity contribution in [1.29, 1.82) is 5.26 Å². The van der Waals surface area contributed by atoms with Gasteiger partial charge in [-0.25, -0.2) is 4.99 Å². The van der Waals surface area contributed by atoms with E-state index in [9.17, 15) is 4.79 Å². The largest absolute Gasteiger partial charge is 0.462 e. The topological polar surface area (TPSA) is 101 Å². The van der Waals surface area contributed by atoms with Crippen molar-refractivity contribution >= 4 is 35.0 Å². The monoisotopic (exact) mass is 428 g/mol. The van der Waals surface area contributed by atoms with Gasteiger partial charge in [0.15, 0.2) is 5.78 Å². The van der Waals surface area contributed by atoms with E-state index in [-0.39, 0.29) is 41.0 Å². The summed E-state index contributed by atoms with van der Waals surface area (Å²) in [5.74, 6) is -0.0181. The molecule has 4 rings (SSSR count). The maximum atomic E-state index is 12.8. The summed E-state index contributed by atoms with van der Waals surface area (Å²) in [5.41, 5.74) is 7.44.